The zero-order chi connectivity index (χ0) is 9.84. The first-order chi connectivity index (χ1) is 6.19. The molecule has 0 saturated carbocycles. The largest absolute Gasteiger partial charge is 0.497 e. The van der Waals surface area contributed by atoms with Crippen molar-refractivity contribution in [3.63, 3.8) is 0 Å². The topological polar surface area (TPSA) is 44.5 Å². The molecule has 1 unspecified atom stereocenters. The smallest absolute Gasteiger partial charge is 0.123 e. The molecule has 1 aromatic carbocycles. The number of hydrogen-bond acceptors (Lipinski definition) is 3. The van der Waals surface area contributed by atoms with Crippen LogP contribution in [0.1, 0.15) is 18.5 Å². The highest BCUT2D eigenvalue weighted by atomic mass is 35.5. The van der Waals surface area contributed by atoms with Crippen molar-refractivity contribution in [2.75, 3.05) is 14.2 Å². The average Bonchev–Trinajstić information content (AvgIpc) is 2.16. The van der Waals surface area contributed by atoms with E-state index in [-0.39, 0.29) is 18.4 Å². The Hall–Kier alpha value is -0.930. The van der Waals surface area contributed by atoms with Crippen molar-refractivity contribution < 1.29 is 9.47 Å². The second kappa shape index (κ2) is 5.73. The summed E-state index contributed by atoms with van der Waals surface area (Å²) in [6.07, 6.45) is 0. The van der Waals surface area contributed by atoms with Crippen molar-refractivity contribution in [3.05, 3.63) is 23.8 Å². The van der Waals surface area contributed by atoms with Crippen molar-refractivity contribution in [3.8, 4) is 11.5 Å². The van der Waals surface area contributed by atoms with Gasteiger partial charge in [0.1, 0.15) is 11.5 Å². The van der Waals surface area contributed by atoms with Gasteiger partial charge in [-0.3, -0.25) is 0 Å². The highest BCUT2D eigenvalue weighted by Gasteiger charge is 2.08. The van der Waals surface area contributed by atoms with Crippen LogP contribution in [-0.4, -0.2) is 14.2 Å². The van der Waals surface area contributed by atoms with Gasteiger partial charge < -0.3 is 15.2 Å². The zero-order valence-corrected chi connectivity index (χ0v) is 9.43. The van der Waals surface area contributed by atoms with Crippen LogP contribution in [0.4, 0.5) is 0 Å². The van der Waals surface area contributed by atoms with Gasteiger partial charge in [-0.15, -0.1) is 12.4 Å². The number of ether oxygens (including phenoxy) is 2. The minimum Gasteiger partial charge on any atom is -0.497 e. The Morgan fingerprint density at radius 2 is 1.86 bits per heavy atom. The van der Waals surface area contributed by atoms with Crippen LogP contribution in [0, 0.1) is 0 Å². The Bertz CT molecular complexity index is 289. The van der Waals surface area contributed by atoms with E-state index in [1.54, 1.807) is 14.2 Å². The van der Waals surface area contributed by atoms with Crippen LogP contribution < -0.4 is 15.2 Å². The predicted molar refractivity (Wildman–Crippen MR) is 59.4 cm³/mol. The molecule has 80 valence electrons. The molecule has 14 heavy (non-hydrogen) atoms. The first-order valence-electron chi connectivity index (χ1n) is 4.16. The standard InChI is InChI=1S/C10H15NO2.ClH/c1-7(11)9-6-8(12-2)4-5-10(9)13-3;/h4-7H,11H2,1-3H3;1H. The molecule has 0 aliphatic heterocycles. The normalized spacial score (nSPS) is 11.4. The van der Waals surface area contributed by atoms with Crippen LogP contribution >= 0.6 is 12.4 Å². The first kappa shape index (κ1) is 13.1. The van der Waals surface area contributed by atoms with Crippen LogP contribution in [0.2, 0.25) is 0 Å². The molecule has 0 aliphatic rings. The van der Waals surface area contributed by atoms with Gasteiger partial charge in [0.05, 0.1) is 14.2 Å². The molecule has 1 rings (SSSR count). The zero-order valence-electron chi connectivity index (χ0n) is 8.61. The number of rotatable bonds is 3. The summed E-state index contributed by atoms with van der Waals surface area (Å²) >= 11 is 0. The van der Waals surface area contributed by atoms with Gasteiger partial charge in [-0.05, 0) is 25.1 Å². The van der Waals surface area contributed by atoms with Gasteiger partial charge >= 0.3 is 0 Å². The van der Waals surface area contributed by atoms with Crippen molar-refractivity contribution in [2.45, 2.75) is 13.0 Å². The van der Waals surface area contributed by atoms with Crippen molar-refractivity contribution in [1.82, 2.24) is 0 Å². The van der Waals surface area contributed by atoms with E-state index in [1.807, 2.05) is 25.1 Å². The van der Waals surface area contributed by atoms with Crippen molar-refractivity contribution in [2.24, 2.45) is 5.73 Å². The molecule has 0 amide bonds. The number of hydrogen-bond donors (Lipinski definition) is 1. The lowest BCUT2D eigenvalue weighted by Crippen LogP contribution is -2.07. The maximum Gasteiger partial charge on any atom is 0.123 e. The van der Waals surface area contributed by atoms with Gasteiger partial charge in [-0.1, -0.05) is 0 Å². The van der Waals surface area contributed by atoms with Crippen LogP contribution in [0.3, 0.4) is 0 Å². The summed E-state index contributed by atoms with van der Waals surface area (Å²) in [5.74, 6) is 1.60. The summed E-state index contributed by atoms with van der Waals surface area (Å²) in [4.78, 5) is 0. The minimum absolute atomic E-state index is 0. The summed E-state index contributed by atoms with van der Waals surface area (Å²) in [6.45, 7) is 1.91. The maximum absolute atomic E-state index is 5.78. The molecule has 0 aromatic heterocycles. The summed E-state index contributed by atoms with van der Waals surface area (Å²) < 4.78 is 10.3. The first-order valence-corrected chi connectivity index (χ1v) is 4.16. The molecule has 0 aliphatic carbocycles. The van der Waals surface area contributed by atoms with Crippen LogP contribution in [0.15, 0.2) is 18.2 Å². The van der Waals surface area contributed by atoms with E-state index in [9.17, 15) is 0 Å². The van der Waals surface area contributed by atoms with Gasteiger partial charge in [0, 0.05) is 11.6 Å². The Balaban J connectivity index is 0.00000169. The Kier molecular flexibility index (Phi) is 5.35. The molecule has 0 heterocycles. The lowest BCUT2D eigenvalue weighted by molar-refractivity contribution is 0.396. The summed E-state index contributed by atoms with van der Waals surface area (Å²) in [5.41, 5.74) is 6.74. The second-order valence-corrected chi connectivity index (χ2v) is 2.90. The lowest BCUT2D eigenvalue weighted by Gasteiger charge is -2.12. The van der Waals surface area contributed by atoms with Crippen molar-refractivity contribution in [1.29, 1.82) is 0 Å². The summed E-state index contributed by atoms with van der Waals surface area (Å²) in [5, 5.41) is 0. The van der Waals surface area contributed by atoms with Gasteiger partial charge in [0.15, 0.2) is 0 Å². The lowest BCUT2D eigenvalue weighted by atomic mass is 10.1. The van der Waals surface area contributed by atoms with Gasteiger partial charge in [0.25, 0.3) is 0 Å². The fourth-order valence-electron chi connectivity index (χ4n) is 1.20. The van der Waals surface area contributed by atoms with Gasteiger partial charge in [-0.2, -0.15) is 0 Å². The molecule has 1 atom stereocenters. The Labute approximate surface area is 90.6 Å². The third-order valence-electron chi connectivity index (χ3n) is 1.93. The average molecular weight is 218 g/mol. The predicted octanol–water partition coefficient (Wildman–Crippen LogP) is 2.15. The van der Waals surface area contributed by atoms with Crippen LogP contribution in [-0.2, 0) is 0 Å². The third-order valence-corrected chi connectivity index (χ3v) is 1.93. The molecule has 4 heteroatoms. The highest BCUT2D eigenvalue weighted by Crippen LogP contribution is 2.27. The SMILES string of the molecule is COc1ccc(OC)c(C(C)N)c1.Cl. The molecule has 3 nitrogen and oxygen atoms in total. The van der Waals surface area contributed by atoms with Crippen LogP contribution in [0.5, 0.6) is 11.5 Å². The second-order valence-electron chi connectivity index (χ2n) is 2.90. The quantitative estimate of drug-likeness (QED) is 0.844. The minimum atomic E-state index is -0.0509. The molecule has 0 radical (unpaired) electrons. The Morgan fingerprint density at radius 1 is 1.21 bits per heavy atom. The molecule has 0 fully saturated rings. The van der Waals surface area contributed by atoms with Gasteiger partial charge in [-0.25, -0.2) is 0 Å². The highest BCUT2D eigenvalue weighted by molar-refractivity contribution is 5.85. The van der Waals surface area contributed by atoms with E-state index in [2.05, 4.69) is 0 Å². The van der Waals surface area contributed by atoms with E-state index in [0.717, 1.165) is 17.1 Å². The summed E-state index contributed by atoms with van der Waals surface area (Å²) in [7, 11) is 3.26. The summed E-state index contributed by atoms with van der Waals surface area (Å²) in [6, 6.07) is 5.55. The molecule has 0 bridgehead atoms. The fourth-order valence-corrected chi connectivity index (χ4v) is 1.20. The fraction of sp³-hybridized carbons (Fsp3) is 0.400. The van der Waals surface area contributed by atoms with E-state index in [0.29, 0.717) is 0 Å². The molecule has 0 saturated heterocycles. The molecular formula is C10H16ClNO2. The molecular weight excluding hydrogens is 202 g/mol. The number of nitrogens with two attached hydrogens (primary N) is 1. The third kappa shape index (κ3) is 2.79. The number of benzene rings is 1. The Morgan fingerprint density at radius 3 is 2.29 bits per heavy atom. The molecule has 2 N–H and O–H groups in total. The van der Waals surface area contributed by atoms with Crippen molar-refractivity contribution >= 4 is 12.4 Å². The maximum atomic E-state index is 5.78. The molecule has 0 spiro atoms. The van der Waals surface area contributed by atoms with E-state index < -0.39 is 0 Å². The van der Waals surface area contributed by atoms with Crippen LogP contribution in [0.25, 0.3) is 0 Å². The van der Waals surface area contributed by atoms with Gasteiger partial charge in [0.2, 0.25) is 0 Å². The molecule has 1 aromatic rings. The van der Waals surface area contributed by atoms with E-state index >= 15 is 0 Å². The van der Waals surface area contributed by atoms with E-state index in [4.69, 9.17) is 15.2 Å². The number of halogens is 1. The number of methoxy groups -OCH3 is 2. The van der Waals surface area contributed by atoms with E-state index in [1.165, 1.54) is 0 Å². The monoisotopic (exact) mass is 217 g/mol.